The van der Waals surface area contributed by atoms with Crippen LogP contribution in [0, 0.1) is 0 Å². The summed E-state index contributed by atoms with van der Waals surface area (Å²) in [5.74, 6) is -3.16. The highest BCUT2D eigenvalue weighted by atomic mass is 16.7. The lowest BCUT2D eigenvalue weighted by molar-refractivity contribution is -0.190. The van der Waals surface area contributed by atoms with Gasteiger partial charge in [0.15, 0.2) is 5.78 Å². The molecule has 23 heavy (non-hydrogen) atoms. The number of primary amides is 1. The van der Waals surface area contributed by atoms with E-state index in [0.29, 0.717) is 0 Å². The van der Waals surface area contributed by atoms with Crippen molar-refractivity contribution in [3.63, 3.8) is 0 Å². The van der Waals surface area contributed by atoms with Crippen molar-refractivity contribution < 1.29 is 38.5 Å². The van der Waals surface area contributed by atoms with Gasteiger partial charge in [0.2, 0.25) is 6.79 Å². The van der Waals surface area contributed by atoms with Crippen molar-refractivity contribution in [1.82, 2.24) is 0 Å². The monoisotopic (exact) mass is 325 g/mol. The van der Waals surface area contributed by atoms with E-state index in [2.05, 4.69) is 9.47 Å². The molecule has 9 nitrogen and oxygen atoms in total. The molecule has 1 aromatic rings. The first kappa shape index (κ1) is 18.0. The first-order valence-corrected chi connectivity index (χ1v) is 6.29. The van der Waals surface area contributed by atoms with Crippen molar-refractivity contribution in [3.05, 3.63) is 29.8 Å². The van der Waals surface area contributed by atoms with Crippen LogP contribution in [0.25, 0.3) is 0 Å². The Kier molecular flexibility index (Phi) is 5.66. The van der Waals surface area contributed by atoms with Crippen molar-refractivity contribution in [3.8, 4) is 5.75 Å². The fourth-order valence-corrected chi connectivity index (χ4v) is 1.79. The van der Waals surface area contributed by atoms with Crippen molar-refractivity contribution >= 4 is 23.8 Å². The van der Waals surface area contributed by atoms with Crippen LogP contribution >= 0.6 is 0 Å². The second-order valence-corrected chi connectivity index (χ2v) is 4.39. The summed E-state index contributed by atoms with van der Waals surface area (Å²) in [4.78, 5) is 46.2. The van der Waals surface area contributed by atoms with Crippen molar-refractivity contribution in [1.29, 1.82) is 0 Å². The van der Waals surface area contributed by atoms with Crippen LogP contribution in [0.1, 0.15) is 19.4 Å². The van der Waals surface area contributed by atoms with Crippen LogP contribution in [-0.2, 0) is 34.2 Å². The number of rotatable bonds is 6. The van der Waals surface area contributed by atoms with E-state index in [1.165, 1.54) is 24.3 Å². The zero-order chi connectivity index (χ0) is 17.6. The average Bonchev–Trinajstić information content (AvgIpc) is 2.44. The van der Waals surface area contributed by atoms with Gasteiger partial charge in [-0.1, -0.05) is 12.1 Å². The van der Waals surface area contributed by atoms with Gasteiger partial charge in [-0.25, -0.2) is 9.59 Å². The Morgan fingerprint density at radius 3 is 2.09 bits per heavy atom. The number of hydrogen-bond acceptors (Lipinski definition) is 8. The molecule has 0 saturated carbocycles. The number of carbonyl (C=O) groups excluding carboxylic acids is 4. The van der Waals surface area contributed by atoms with E-state index in [9.17, 15) is 24.3 Å². The molecule has 124 valence electrons. The lowest BCUT2D eigenvalue weighted by atomic mass is 9.89. The number of phenolic OH excluding ortho intramolecular Hbond substituents is 1. The van der Waals surface area contributed by atoms with Gasteiger partial charge < -0.3 is 25.1 Å². The maximum atomic E-state index is 12.3. The number of aromatic hydroxyl groups is 1. The summed E-state index contributed by atoms with van der Waals surface area (Å²) in [5.41, 5.74) is 2.30. The smallest absolute Gasteiger partial charge is 0.407 e. The number of nitrogens with two attached hydrogens (primary N) is 1. The topological polar surface area (TPSA) is 142 Å². The van der Waals surface area contributed by atoms with Gasteiger partial charge in [-0.3, -0.25) is 9.59 Å². The molecule has 0 aromatic heterocycles. The second-order valence-electron chi connectivity index (χ2n) is 4.39. The molecule has 1 aromatic carbocycles. The highest BCUT2D eigenvalue weighted by Gasteiger charge is 2.50. The van der Waals surface area contributed by atoms with Crippen LogP contribution in [-0.4, -0.2) is 35.7 Å². The molecule has 1 rings (SSSR count). The van der Waals surface area contributed by atoms with E-state index in [1.54, 1.807) is 0 Å². The van der Waals surface area contributed by atoms with Crippen LogP contribution < -0.4 is 5.73 Å². The van der Waals surface area contributed by atoms with Crippen LogP contribution in [0.3, 0.4) is 0 Å². The van der Waals surface area contributed by atoms with Crippen LogP contribution in [0.15, 0.2) is 24.3 Å². The van der Waals surface area contributed by atoms with Gasteiger partial charge in [-0.05, 0) is 19.1 Å². The standard InChI is InChI=1S/C14H15NO8/c1-8(16)14(23-9(2)17,10-3-5-11(18)6-4-10)12(19)21-7-22-13(15)20/h3-6,18H,7H2,1-2H3,(H2,15,20). The summed E-state index contributed by atoms with van der Waals surface area (Å²) in [7, 11) is 0. The van der Waals surface area contributed by atoms with Gasteiger partial charge in [-0.15, -0.1) is 0 Å². The number of phenols is 1. The zero-order valence-corrected chi connectivity index (χ0v) is 12.4. The molecule has 0 bridgehead atoms. The van der Waals surface area contributed by atoms with E-state index in [0.717, 1.165) is 13.8 Å². The van der Waals surface area contributed by atoms with Gasteiger partial charge in [0.05, 0.1) is 0 Å². The SMILES string of the molecule is CC(=O)OC(C(C)=O)(C(=O)OCOC(N)=O)c1ccc(O)cc1. The number of benzene rings is 1. The number of ether oxygens (including phenoxy) is 3. The van der Waals surface area contributed by atoms with Gasteiger partial charge in [0.1, 0.15) is 5.75 Å². The molecular formula is C14H15NO8. The Morgan fingerprint density at radius 1 is 1.09 bits per heavy atom. The fraction of sp³-hybridized carbons (Fsp3) is 0.286. The first-order chi connectivity index (χ1) is 10.7. The molecule has 1 atom stereocenters. The lowest BCUT2D eigenvalue weighted by Gasteiger charge is -2.28. The number of esters is 2. The summed E-state index contributed by atoms with van der Waals surface area (Å²) >= 11 is 0. The quantitative estimate of drug-likeness (QED) is 0.433. The summed E-state index contributed by atoms with van der Waals surface area (Å²) in [6.07, 6.45) is -1.19. The van der Waals surface area contributed by atoms with E-state index in [-0.39, 0.29) is 11.3 Å². The molecule has 9 heteroatoms. The highest BCUT2D eigenvalue weighted by Crippen LogP contribution is 2.30. The van der Waals surface area contributed by atoms with E-state index >= 15 is 0 Å². The molecule has 0 saturated heterocycles. The van der Waals surface area contributed by atoms with E-state index in [1.807, 2.05) is 0 Å². The fourth-order valence-electron chi connectivity index (χ4n) is 1.79. The molecule has 0 spiro atoms. The summed E-state index contributed by atoms with van der Waals surface area (Å²) in [6.45, 7) is 1.17. The second kappa shape index (κ2) is 7.25. The Morgan fingerprint density at radius 2 is 1.65 bits per heavy atom. The molecule has 0 aliphatic heterocycles. The summed E-state index contributed by atoms with van der Waals surface area (Å²) in [5, 5.41) is 9.30. The predicted octanol–water partition coefficient (Wildman–Crippen LogP) is 0.336. The average molecular weight is 325 g/mol. The van der Waals surface area contributed by atoms with E-state index < -0.39 is 36.2 Å². The van der Waals surface area contributed by atoms with Gasteiger partial charge in [0.25, 0.3) is 5.60 Å². The molecular weight excluding hydrogens is 310 g/mol. The molecule has 1 amide bonds. The lowest BCUT2D eigenvalue weighted by Crippen LogP contribution is -2.47. The number of hydrogen-bond donors (Lipinski definition) is 2. The number of amides is 1. The molecule has 0 aliphatic rings. The van der Waals surface area contributed by atoms with Gasteiger partial charge in [0, 0.05) is 12.5 Å². The van der Waals surface area contributed by atoms with Crippen molar-refractivity contribution in [2.75, 3.05) is 6.79 Å². The Balaban J connectivity index is 3.25. The number of ketones is 1. The predicted molar refractivity (Wildman–Crippen MR) is 73.9 cm³/mol. The van der Waals surface area contributed by atoms with Crippen molar-refractivity contribution in [2.45, 2.75) is 19.4 Å². The van der Waals surface area contributed by atoms with E-state index in [4.69, 9.17) is 10.5 Å². The third kappa shape index (κ3) is 4.19. The van der Waals surface area contributed by atoms with Crippen molar-refractivity contribution in [2.24, 2.45) is 5.73 Å². The largest absolute Gasteiger partial charge is 0.508 e. The third-order valence-electron chi connectivity index (χ3n) is 2.75. The van der Waals surface area contributed by atoms with Crippen LogP contribution in [0.5, 0.6) is 5.75 Å². The minimum absolute atomic E-state index is 0.0397. The molecule has 0 heterocycles. The Hall–Kier alpha value is -3.10. The van der Waals surface area contributed by atoms with Crippen LogP contribution in [0.4, 0.5) is 4.79 Å². The zero-order valence-electron chi connectivity index (χ0n) is 12.4. The first-order valence-electron chi connectivity index (χ1n) is 6.29. The van der Waals surface area contributed by atoms with Gasteiger partial charge >= 0.3 is 18.0 Å². The third-order valence-corrected chi connectivity index (χ3v) is 2.75. The molecule has 1 unspecified atom stereocenters. The molecule has 0 fully saturated rings. The van der Waals surface area contributed by atoms with Gasteiger partial charge in [-0.2, -0.15) is 0 Å². The van der Waals surface area contributed by atoms with Crippen LogP contribution in [0.2, 0.25) is 0 Å². The Bertz CT molecular complexity index is 624. The molecule has 0 radical (unpaired) electrons. The minimum Gasteiger partial charge on any atom is -0.508 e. The summed E-state index contributed by atoms with van der Waals surface area (Å²) < 4.78 is 13.8. The Labute approximate surface area is 130 Å². The normalized spacial score (nSPS) is 12.6. The maximum Gasteiger partial charge on any atom is 0.407 e. The molecule has 0 aliphatic carbocycles. The molecule has 3 N–H and O–H groups in total. The highest BCUT2D eigenvalue weighted by molar-refractivity contribution is 6.08. The minimum atomic E-state index is -2.39. The number of carbonyl (C=O) groups is 4. The maximum absolute atomic E-state index is 12.3. The summed E-state index contributed by atoms with van der Waals surface area (Å²) in [6, 6.07) is 4.83. The number of Topliss-reactive ketones (excluding diaryl/α,β-unsaturated/α-hetero) is 1.